The average Bonchev–Trinajstić information content (AvgIpc) is 3.42. The minimum atomic E-state index is -0.490. The van der Waals surface area contributed by atoms with Crippen LogP contribution in [0.15, 0.2) is 65.8 Å². The first-order valence-electron chi connectivity index (χ1n) is 14.2. The minimum Gasteiger partial charge on any atom is -0.490 e. The van der Waals surface area contributed by atoms with E-state index >= 15 is 0 Å². The molecule has 4 heterocycles. The predicted molar refractivity (Wildman–Crippen MR) is 164 cm³/mol. The standard InChI is InChI=1S/C32H37N5O4S/c1-21-15-28(42-35-21)26-9-10-29(38)37(19-26)22(2)24-7-6-8-25(16-24)30-33-17-27(18-34-30)40-20-23-11-13-36(14-12-23)31(39)41-32(3,4)5/h6-10,15-19,22-23H,11-14,20H2,1-5H3/t22-/m1/s1. The second kappa shape index (κ2) is 12.4. The summed E-state index contributed by atoms with van der Waals surface area (Å²) in [6.45, 7) is 11.5. The quantitative estimate of drug-likeness (QED) is 0.248. The number of hydrogen-bond donors (Lipinski definition) is 0. The lowest BCUT2D eigenvalue weighted by molar-refractivity contribution is 0.0165. The lowest BCUT2D eigenvalue weighted by Gasteiger charge is -2.33. The molecule has 0 bridgehead atoms. The third kappa shape index (κ3) is 7.23. The average molecular weight is 588 g/mol. The molecule has 0 N–H and O–H groups in total. The number of aromatic nitrogens is 4. The number of amides is 1. The number of pyridine rings is 1. The molecule has 1 aliphatic heterocycles. The van der Waals surface area contributed by atoms with Crippen LogP contribution >= 0.6 is 11.5 Å². The number of carbonyl (C=O) groups is 1. The van der Waals surface area contributed by atoms with Crippen LogP contribution in [0.3, 0.4) is 0 Å². The van der Waals surface area contributed by atoms with Crippen molar-refractivity contribution < 1.29 is 14.3 Å². The van der Waals surface area contributed by atoms with Gasteiger partial charge in [-0.25, -0.2) is 14.8 Å². The van der Waals surface area contributed by atoms with E-state index in [0.29, 0.717) is 37.2 Å². The van der Waals surface area contributed by atoms with E-state index in [0.717, 1.165) is 40.1 Å². The zero-order chi connectivity index (χ0) is 29.9. The number of hydrogen-bond acceptors (Lipinski definition) is 8. The van der Waals surface area contributed by atoms with E-state index in [4.69, 9.17) is 9.47 Å². The van der Waals surface area contributed by atoms with E-state index in [-0.39, 0.29) is 17.7 Å². The van der Waals surface area contributed by atoms with E-state index in [2.05, 4.69) is 14.3 Å². The van der Waals surface area contributed by atoms with Gasteiger partial charge in [-0.1, -0.05) is 18.2 Å². The first-order valence-corrected chi connectivity index (χ1v) is 15.0. The zero-order valence-corrected chi connectivity index (χ0v) is 25.6. The molecule has 0 saturated carbocycles. The molecule has 4 aromatic rings. The fraction of sp³-hybridized carbons (Fsp3) is 0.406. The zero-order valence-electron chi connectivity index (χ0n) is 24.7. The summed E-state index contributed by atoms with van der Waals surface area (Å²) in [6, 6.07) is 13.3. The number of likely N-dealkylation sites (tertiary alicyclic amines) is 1. The van der Waals surface area contributed by atoms with Crippen LogP contribution in [0.2, 0.25) is 0 Å². The second-order valence-electron chi connectivity index (χ2n) is 11.8. The molecule has 3 aromatic heterocycles. The van der Waals surface area contributed by atoms with Gasteiger partial charge >= 0.3 is 6.09 Å². The Hall–Kier alpha value is -4.05. The number of benzene rings is 1. The SMILES string of the molecule is Cc1cc(-c2ccc(=O)n([C@H](C)c3cccc(-c4ncc(OCC5CCN(C(=O)OC(C)(C)C)CC5)cn4)c3)c2)sn1. The van der Waals surface area contributed by atoms with Gasteiger partial charge in [-0.15, -0.1) is 0 Å². The van der Waals surface area contributed by atoms with Gasteiger partial charge in [0.2, 0.25) is 0 Å². The highest BCUT2D eigenvalue weighted by atomic mass is 32.1. The van der Waals surface area contributed by atoms with Crippen LogP contribution in [0, 0.1) is 12.8 Å². The third-order valence-corrected chi connectivity index (χ3v) is 8.20. The molecular weight excluding hydrogens is 550 g/mol. The maximum absolute atomic E-state index is 12.8. The van der Waals surface area contributed by atoms with E-state index in [1.165, 1.54) is 11.5 Å². The molecular formula is C32H37N5O4S. The van der Waals surface area contributed by atoms with Gasteiger partial charge in [0.1, 0.15) is 5.60 Å². The van der Waals surface area contributed by atoms with E-state index in [1.54, 1.807) is 27.9 Å². The molecule has 10 heteroatoms. The Bertz CT molecular complexity index is 1580. The van der Waals surface area contributed by atoms with Crippen LogP contribution in [-0.2, 0) is 4.74 Å². The van der Waals surface area contributed by atoms with Crippen molar-refractivity contribution in [3.63, 3.8) is 0 Å². The van der Waals surface area contributed by atoms with E-state index < -0.39 is 5.60 Å². The molecule has 1 amide bonds. The van der Waals surface area contributed by atoms with Crippen molar-refractivity contribution in [1.82, 2.24) is 23.8 Å². The summed E-state index contributed by atoms with van der Waals surface area (Å²) in [4.78, 5) is 37.0. The summed E-state index contributed by atoms with van der Waals surface area (Å²) in [5.74, 6) is 1.55. The normalized spacial score (nSPS) is 14.9. The Morgan fingerprint density at radius 1 is 1.07 bits per heavy atom. The molecule has 5 rings (SSSR count). The van der Waals surface area contributed by atoms with Gasteiger partial charge in [-0.2, -0.15) is 4.37 Å². The molecule has 220 valence electrons. The Morgan fingerprint density at radius 2 is 1.81 bits per heavy atom. The molecule has 1 aliphatic rings. The molecule has 1 atom stereocenters. The highest BCUT2D eigenvalue weighted by Crippen LogP contribution is 2.27. The van der Waals surface area contributed by atoms with Crippen molar-refractivity contribution in [3.05, 3.63) is 82.7 Å². The number of ether oxygens (including phenoxy) is 2. The fourth-order valence-corrected chi connectivity index (χ4v) is 5.66. The highest BCUT2D eigenvalue weighted by Gasteiger charge is 2.27. The fourth-order valence-electron chi connectivity index (χ4n) is 4.91. The molecule has 42 heavy (non-hydrogen) atoms. The smallest absolute Gasteiger partial charge is 0.410 e. The van der Waals surface area contributed by atoms with Gasteiger partial charge in [0, 0.05) is 36.5 Å². The van der Waals surface area contributed by atoms with Crippen LogP contribution in [0.5, 0.6) is 5.75 Å². The Kier molecular flexibility index (Phi) is 8.72. The topological polar surface area (TPSA) is 99.4 Å². The van der Waals surface area contributed by atoms with Crippen LogP contribution < -0.4 is 10.3 Å². The van der Waals surface area contributed by atoms with E-state index in [1.807, 2.05) is 77.2 Å². The lowest BCUT2D eigenvalue weighted by Crippen LogP contribution is -2.42. The van der Waals surface area contributed by atoms with Gasteiger partial charge in [-0.05, 0) is 88.7 Å². The van der Waals surface area contributed by atoms with Crippen LogP contribution in [0.25, 0.3) is 21.8 Å². The number of aryl methyl sites for hydroxylation is 1. The Morgan fingerprint density at radius 3 is 2.48 bits per heavy atom. The first-order chi connectivity index (χ1) is 20.1. The number of piperidine rings is 1. The molecule has 0 radical (unpaired) electrons. The maximum Gasteiger partial charge on any atom is 0.410 e. The number of nitrogens with zero attached hydrogens (tertiary/aromatic N) is 5. The van der Waals surface area contributed by atoms with Gasteiger partial charge < -0.3 is 18.9 Å². The van der Waals surface area contributed by atoms with Gasteiger partial charge in [0.15, 0.2) is 11.6 Å². The number of carbonyl (C=O) groups excluding carboxylic acids is 1. The van der Waals surface area contributed by atoms with Crippen molar-refractivity contribution in [3.8, 4) is 27.6 Å². The summed E-state index contributed by atoms with van der Waals surface area (Å²) < 4.78 is 17.6. The molecule has 9 nitrogen and oxygen atoms in total. The van der Waals surface area contributed by atoms with Gasteiger partial charge in [0.25, 0.3) is 5.56 Å². The lowest BCUT2D eigenvalue weighted by atomic mass is 9.98. The Balaban J connectivity index is 1.20. The second-order valence-corrected chi connectivity index (χ2v) is 12.6. The maximum atomic E-state index is 12.8. The molecule has 1 fully saturated rings. The van der Waals surface area contributed by atoms with Crippen molar-refractivity contribution in [2.75, 3.05) is 19.7 Å². The van der Waals surface area contributed by atoms with Gasteiger partial charge in [0.05, 0.1) is 35.6 Å². The summed E-state index contributed by atoms with van der Waals surface area (Å²) in [5, 5.41) is 0. The predicted octanol–water partition coefficient (Wildman–Crippen LogP) is 6.37. The van der Waals surface area contributed by atoms with Crippen molar-refractivity contribution >= 4 is 17.6 Å². The number of rotatable bonds is 7. The summed E-state index contributed by atoms with van der Waals surface area (Å²) >= 11 is 1.43. The largest absolute Gasteiger partial charge is 0.490 e. The highest BCUT2D eigenvalue weighted by molar-refractivity contribution is 7.09. The molecule has 1 saturated heterocycles. The van der Waals surface area contributed by atoms with Crippen molar-refractivity contribution in [1.29, 1.82) is 0 Å². The first kappa shape index (κ1) is 29.4. The molecule has 0 spiro atoms. The van der Waals surface area contributed by atoms with Crippen LogP contribution in [0.1, 0.15) is 57.8 Å². The molecule has 0 aliphatic carbocycles. The Labute approximate surface area is 250 Å². The van der Waals surface area contributed by atoms with Crippen molar-refractivity contribution in [2.45, 2.75) is 59.1 Å². The van der Waals surface area contributed by atoms with Crippen LogP contribution in [-0.4, -0.2) is 55.2 Å². The minimum absolute atomic E-state index is 0.0637. The monoisotopic (exact) mass is 587 g/mol. The van der Waals surface area contributed by atoms with Crippen LogP contribution in [0.4, 0.5) is 4.79 Å². The summed E-state index contributed by atoms with van der Waals surface area (Å²) in [5.41, 5.74) is 3.22. The van der Waals surface area contributed by atoms with E-state index in [9.17, 15) is 9.59 Å². The molecule has 0 unspecified atom stereocenters. The summed E-state index contributed by atoms with van der Waals surface area (Å²) in [6.07, 6.45) is 6.75. The summed E-state index contributed by atoms with van der Waals surface area (Å²) in [7, 11) is 0. The van der Waals surface area contributed by atoms with Gasteiger partial charge in [-0.3, -0.25) is 4.79 Å². The van der Waals surface area contributed by atoms with Crippen molar-refractivity contribution in [2.24, 2.45) is 5.92 Å². The third-order valence-electron chi connectivity index (χ3n) is 7.28. The molecule has 1 aromatic carbocycles.